The summed E-state index contributed by atoms with van der Waals surface area (Å²) in [6.07, 6.45) is 2.33. The van der Waals surface area contributed by atoms with Gasteiger partial charge in [-0.2, -0.15) is 0 Å². The first-order chi connectivity index (χ1) is 14.8. The molecule has 32 heavy (non-hydrogen) atoms. The summed E-state index contributed by atoms with van der Waals surface area (Å²) in [6, 6.07) is 14.5. The maximum Gasteiger partial charge on any atom is 0.191 e. The second kappa shape index (κ2) is 12.0. The molecule has 0 aliphatic carbocycles. The van der Waals surface area contributed by atoms with Crippen LogP contribution in [0.15, 0.2) is 52.4 Å². The number of nitrogens with one attached hydrogen (secondary N) is 2. The topological polar surface area (TPSA) is 73.8 Å². The fourth-order valence-corrected chi connectivity index (χ4v) is 4.96. The molecule has 0 saturated heterocycles. The summed E-state index contributed by atoms with van der Waals surface area (Å²) in [6.45, 7) is 10.3. The van der Waals surface area contributed by atoms with E-state index in [4.69, 9.17) is 4.99 Å². The molecule has 0 spiro atoms. The lowest BCUT2D eigenvalue weighted by Gasteiger charge is -2.34. The van der Waals surface area contributed by atoms with Gasteiger partial charge in [-0.15, -0.1) is 24.0 Å². The van der Waals surface area contributed by atoms with Crippen LogP contribution >= 0.6 is 24.0 Å². The van der Waals surface area contributed by atoms with Crippen LogP contribution in [0.25, 0.3) is 0 Å². The number of aryl methyl sites for hydroxylation is 1. The molecule has 1 aliphatic rings. The molecule has 0 saturated carbocycles. The van der Waals surface area contributed by atoms with Crippen LogP contribution in [0.2, 0.25) is 0 Å². The lowest BCUT2D eigenvalue weighted by Crippen LogP contribution is -2.47. The van der Waals surface area contributed by atoms with Crippen molar-refractivity contribution in [3.63, 3.8) is 0 Å². The van der Waals surface area contributed by atoms with E-state index in [1.54, 1.807) is 6.07 Å². The van der Waals surface area contributed by atoms with Gasteiger partial charge in [0.2, 0.25) is 0 Å². The number of sulfone groups is 1. The van der Waals surface area contributed by atoms with Crippen LogP contribution in [0.5, 0.6) is 0 Å². The van der Waals surface area contributed by atoms with Crippen LogP contribution in [0, 0.1) is 6.92 Å². The third kappa shape index (κ3) is 7.18. The number of hydrogen-bond donors (Lipinski definition) is 2. The second-order valence-corrected chi connectivity index (χ2v) is 10.3. The summed E-state index contributed by atoms with van der Waals surface area (Å²) in [4.78, 5) is 7.58. The Bertz CT molecular complexity index is 1040. The average Bonchev–Trinajstić information content (AvgIpc) is 2.74. The molecule has 1 aliphatic heterocycles. The smallest absolute Gasteiger partial charge is 0.191 e. The molecule has 2 N–H and O–H groups in total. The standard InChI is InChI=1S/C24H34N4O2S.HI/c1-5-25-24(27-16-20-10-11-23(18(2)14-20)31(4,29)30)26-15-19(3)28-13-12-21-8-6-7-9-22(21)17-28;/h6-11,14,19H,5,12-13,15-17H2,1-4H3,(H2,25,26,27);1H. The zero-order chi connectivity index (χ0) is 22.4. The van der Waals surface area contributed by atoms with Crippen molar-refractivity contribution < 1.29 is 8.42 Å². The molecular formula is C24H35IN4O2S. The monoisotopic (exact) mass is 570 g/mol. The highest BCUT2D eigenvalue weighted by Gasteiger charge is 2.20. The number of guanidine groups is 1. The van der Waals surface area contributed by atoms with Crippen LogP contribution in [-0.4, -0.2) is 51.2 Å². The number of rotatable bonds is 7. The minimum absolute atomic E-state index is 0. The normalized spacial score (nSPS) is 15.4. The van der Waals surface area contributed by atoms with Crippen molar-refractivity contribution in [3.05, 3.63) is 64.7 Å². The highest BCUT2D eigenvalue weighted by Crippen LogP contribution is 2.20. The highest BCUT2D eigenvalue weighted by molar-refractivity contribution is 14.0. The maximum atomic E-state index is 11.8. The van der Waals surface area contributed by atoms with E-state index in [0.29, 0.717) is 17.5 Å². The van der Waals surface area contributed by atoms with E-state index in [2.05, 4.69) is 46.7 Å². The summed E-state index contributed by atoms with van der Waals surface area (Å²) in [5.41, 5.74) is 4.63. The van der Waals surface area contributed by atoms with Crippen molar-refractivity contribution in [2.24, 2.45) is 4.99 Å². The Labute approximate surface area is 209 Å². The molecule has 1 atom stereocenters. The summed E-state index contributed by atoms with van der Waals surface area (Å²) in [5, 5.41) is 6.77. The van der Waals surface area contributed by atoms with Crippen molar-refractivity contribution >= 4 is 39.8 Å². The Hall–Kier alpha value is -1.65. The summed E-state index contributed by atoms with van der Waals surface area (Å²) in [7, 11) is -3.20. The minimum Gasteiger partial charge on any atom is -0.357 e. The molecule has 0 amide bonds. The molecule has 3 rings (SSSR count). The zero-order valence-corrected chi connectivity index (χ0v) is 22.5. The molecule has 0 aromatic heterocycles. The van der Waals surface area contributed by atoms with Crippen LogP contribution < -0.4 is 10.6 Å². The van der Waals surface area contributed by atoms with Crippen molar-refractivity contribution in [3.8, 4) is 0 Å². The molecule has 1 heterocycles. The van der Waals surface area contributed by atoms with Crippen molar-refractivity contribution in [2.75, 3.05) is 25.9 Å². The van der Waals surface area contributed by atoms with E-state index in [-0.39, 0.29) is 24.0 Å². The number of fused-ring (bicyclic) bond motifs is 1. The van der Waals surface area contributed by atoms with Crippen LogP contribution in [-0.2, 0) is 29.3 Å². The van der Waals surface area contributed by atoms with Gasteiger partial charge in [0.05, 0.1) is 11.4 Å². The highest BCUT2D eigenvalue weighted by atomic mass is 127. The van der Waals surface area contributed by atoms with Gasteiger partial charge in [0, 0.05) is 38.5 Å². The number of benzene rings is 2. The Morgan fingerprint density at radius 1 is 1.16 bits per heavy atom. The fourth-order valence-electron chi connectivity index (χ4n) is 4.01. The van der Waals surface area contributed by atoms with Crippen molar-refractivity contribution in [1.29, 1.82) is 0 Å². The van der Waals surface area contributed by atoms with Crippen LogP contribution in [0.1, 0.15) is 36.1 Å². The Morgan fingerprint density at radius 2 is 1.88 bits per heavy atom. The molecule has 8 heteroatoms. The fraction of sp³-hybridized carbons (Fsp3) is 0.458. The Morgan fingerprint density at radius 3 is 2.53 bits per heavy atom. The van der Waals surface area contributed by atoms with Gasteiger partial charge in [-0.1, -0.05) is 36.4 Å². The van der Waals surface area contributed by atoms with Gasteiger partial charge in [-0.05, 0) is 55.5 Å². The van der Waals surface area contributed by atoms with E-state index in [1.165, 1.54) is 17.4 Å². The van der Waals surface area contributed by atoms with Gasteiger partial charge in [0.1, 0.15) is 0 Å². The first kappa shape index (κ1) is 26.6. The van der Waals surface area contributed by atoms with E-state index >= 15 is 0 Å². The van der Waals surface area contributed by atoms with E-state index in [9.17, 15) is 8.42 Å². The largest absolute Gasteiger partial charge is 0.357 e. The molecular weight excluding hydrogens is 535 g/mol. The van der Waals surface area contributed by atoms with E-state index in [1.807, 2.05) is 26.0 Å². The minimum atomic E-state index is -3.20. The number of hydrogen-bond acceptors (Lipinski definition) is 4. The predicted octanol–water partition coefficient (Wildman–Crippen LogP) is 3.52. The number of halogens is 1. The van der Waals surface area contributed by atoms with Gasteiger partial charge in [0.25, 0.3) is 0 Å². The molecule has 0 radical (unpaired) electrons. The number of aliphatic imine (C=N–C) groups is 1. The van der Waals surface area contributed by atoms with Crippen molar-refractivity contribution in [2.45, 2.75) is 51.2 Å². The summed E-state index contributed by atoms with van der Waals surface area (Å²) in [5.74, 6) is 0.775. The lowest BCUT2D eigenvalue weighted by atomic mass is 9.99. The molecule has 2 aromatic carbocycles. The van der Waals surface area contributed by atoms with Gasteiger partial charge in [0.15, 0.2) is 15.8 Å². The van der Waals surface area contributed by atoms with Gasteiger partial charge in [-0.3, -0.25) is 4.90 Å². The van der Waals surface area contributed by atoms with Crippen molar-refractivity contribution in [1.82, 2.24) is 15.5 Å². The summed E-state index contributed by atoms with van der Waals surface area (Å²) >= 11 is 0. The van der Waals surface area contributed by atoms with E-state index in [0.717, 1.165) is 49.7 Å². The number of nitrogens with zero attached hydrogens (tertiary/aromatic N) is 2. The molecule has 0 fully saturated rings. The first-order valence-electron chi connectivity index (χ1n) is 10.9. The first-order valence-corrected chi connectivity index (χ1v) is 12.8. The van der Waals surface area contributed by atoms with Crippen LogP contribution in [0.4, 0.5) is 0 Å². The predicted molar refractivity (Wildman–Crippen MR) is 143 cm³/mol. The molecule has 176 valence electrons. The lowest BCUT2D eigenvalue weighted by molar-refractivity contribution is 0.191. The molecule has 0 bridgehead atoms. The quantitative estimate of drug-likeness (QED) is 0.303. The van der Waals surface area contributed by atoms with Gasteiger partial charge in [-0.25, -0.2) is 13.4 Å². The molecule has 6 nitrogen and oxygen atoms in total. The van der Waals surface area contributed by atoms with Crippen LogP contribution in [0.3, 0.4) is 0 Å². The summed E-state index contributed by atoms with van der Waals surface area (Å²) < 4.78 is 23.6. The van der Waals surface area contributed by atoms with Gasteiger partial charge >= 0.3 is 0 Å². The van der Waals surface area contributed by atoms with Gasteiger partial charge < -0.3 is 10.6 Å². The molecule has 1 unspecified atom stereocenters. The molecule has 2 aromatic rings. The SMILES string of the molecule is CCNC(=NCc1ccc(S(C)(=O)=O)c(C)c1)NCC(C)N1CCc2ccccc2C1.I. The third-order valence-corrected chi connectivity index (χ3v) is 7.01. The van der Waals surface area contributed by atoms with E-state index < -0.39 is 9.84 Å². The maximum absolute atomic E-state index is 11.8. The zero-order valence-electron chi connectivity index (χ0n) is 19.4. The Kier molecular flexibility index (Phi) is 9.97. The second-order valence-electron chi connectivity index (χ2n) is 8.29. The Balaban J connectivity index is 0.00000363. The average molecular weight is 571 g/mol. The third-order valence-electron chi connectivity index (χ3n) is 5.75.